The third-order valence-corrected chi connectivity index (χ3v) is 3.17. The molecule has 0 bridgehead atoms. The molecule has 1 unspecified atom stereocenters. The van der Waals surface area contributed by atoms with Crippen LogP contribution in [-0.4, -0.2) is 12.1 Å². The number of hydrogen-bond acceptors (Lipinski definition) is 4. The van der Waals surface area contributed by atoms with Crippen molar-refractivity contribution in [2.24, 2.45) is 5.84 Å². The van der Waals surface area contributed by atoms with E-state index in [0.717, 1.165) is 10.0 Å². The van der Waals surface area contributed by atoms with E-state index in [4.69, 9.17) is 10.6 Å². The molecule has 1 aromatic heterocycles. The highest BCUT2D eigenvalue weighted by molar-refractivity contribution is 9.10. The van der Waals surface area contributed by atoms with Crippen molar-refractivity contribution in [2.75, 3.05) is 7.11 Å². The van der Waals surface area contributed by atoms with Gasteiger partial charge in [0, 0.05) is 16.9 Å². The topological polar surface area (TPSA) is 60.2 Å². The second-order valence-corrected chi connectivity index (χ2v) is 4.85. The number of hydrazine groups is 1. The van der Waals surface area contributed by atoms with E-state index < -0.39 is 5.82 Å². The quantitative estimate of drug-likeness (QED) is 0.670. The number of methoxy groups -OCH3 is 1. The van der Waals surface area contributed by atoms with E-state index in [0.29, 0.717) is 5.56 Å². The number of benzene rings is 1. The van der Waals surface area contributed by atoms with E-state index in [1.165, 1.54) is 13.2 Å². The fourth-order valence-corrected chi connectivity index (χ4v) is 2.22. The van der Waals surface area contributed by atoms with E-state index >= 15 is 0 Å². The fraction of sp³-hybridized carbons (Fsp3) is 0.154. The van der Waals surface area contributed by atoms with Gasteiger partial charge in [-0.15, -0.1) is 0 Å². The van der Waals surface area contributed by atoms with Gasteiger partial charge >= 0.3 is 0 Å². The molecular formula is C13H13BrFN3O. The number of ether oxygens (including phenoxy) is 1. The molecule has 1 heterocycles. The van der Waals surface area contributed by atoms with Crippen LogP contribution in [0.25, 0.3) is 0 Å². The molecule has 1 aromatic carbocycles. The summed E-state index contributed by atoms with van der Waals surface area (Å²) in [7, 11) is 1.43. The SMILES string of the molecule is COc1ccc(C(NN)c2cncc(Br)c2)cc1F. The van der Waals surface area contributed by atoms with Crippen molar-refractivity contribution in [1.82, 2.24) is 10.4 Å². The molecule has 0 saturated carbocycles. The van der Waals surface area contributed by atoms with Crippen LogP contribution in [0.5, 0.6) is 5.75 Å². The first-order valence-electron chi connectivity index (χ1n) is 5.55. The molecule has 0 aliphatic carbocycles. The minimum Gasteiger partial charge on any atom is -0.494 e. The summed E-state index contributed by atoms with van der Waals surface area (Å²) in [5, 5.41) is 0. The zero-order valence-electron chi connectivity index (χ0n) is 10.2. The van der Waals surface area contributed by atoms with Crippen molar-refractivity contribution in [1.29, 1.82) is 0 Å². The van der Waals surface area contributed by atoms with Gasteiger partial charge in [0.2, 0.25) is 0 Å². The Bertz CT molecular complexity index is 580. The first-order chi connectivity index (χ1) is 9.15. The molecular weight excluding hydrogens is 313 g/mol. The van der Waals surface area contributed by atoms with Crippen LogP contribution in [0.4, 0.5) is 4.39 Å². The van der Waals surface area contributed by atoms with Crippen LogP contribution in [0.1, 0.15) is 17.2 Å². The molecule has 100 valence electrons. The van der Waals surface area contributed by atoms with Gasteiger partial charge in [0.1, 0.15) is 0 Å². The molecule has 2 rings (SSSR count). The average Bonchev–Trinajstić information content (AvgIpc) is 2.40. The number of aromatic nitrogens is 1. The zero-order chi connectivity index (χ0) is 13.8. The molecule has 0 fully saturated rings. The van der Waals surface area contributed by atoms with Crippen LogP contribution in [0.3, 0.4) is 0 Å². The third kappa shape index (κ3) is 3.09. The van der Waals surface area contributed by atoms with E-state index in [9.17, 15) is 4.39 Å². The molecule has 0 aliphatic rings. The lowest BCUT2D eigenvalue weighted by Crippen LogP contribution is -2.29. The minimum atomic E-state index is -0.428. The molecule has 3 N–H and O–H groups in total. The number of nitrogens with two attached hydrogens (primary N) is 1. The standard InChI is InChI=1S/C13H13BrFN3O/c1-19-12-3-2-8(5-11(12)15)13(18-16)9-4-10(14)7-17-6-9/h2-7,13,18H,16H2,1H3. The van der Waals surface area contributed by atoms with Gasteiger partial charge in [-0.05, 0) is 45.3 Å². The summed E-state index contributed by atoms with van der Waals surface area (Å²) in [6.07, 6.45) is 3.35. The Kier molecular flexibility index (Phi) is 4.47. The Labute approximate surface area is 118 Å². The highest BCUT2D eigenvalue weighted by Gasteiger charge is 2.15. The summed E-state index contributed by atoms with van der Waals surface area (Å²) < 4.78 is 19.4. The summed E-state index contributed by atoms with van der Waals surface area (Å²) >= 11 is 3.34. The Morgan fingerprint density at radius 3 is 2.68 bits per heavy atom. The van der Waals surface area contributed by atoms with Gasteiger partial charge < -0.3 is 4.74 Å². The summed E-state index contributed by atoms with van der Waals surface area (Å²) in [5.74, 6) is 5.33. The maximum Gasteiger partial charge on any atom is 0.165 e. The van der Waals surface area contributed by atoms with Crippen LogP contribution in [0.15, 0.2) is 41.1 Å². The second-order valence-electron chi connectivity index (χ2n) is 3.93. The van der Waals surface area contributed by atoms with Gasteiger partial charge in [-0.25, -0.2) is 9.82 Å². The van der Waals surface area contributed by atoms with Gasteiger partial charge in [-0.3, -0.25) is 10.8 Å². The lowest BCUT2D eigenvalue weighted by atomic mass is 10.0. The van der Waals surface area contributed by atoms with Crippen LogP contribution in [0, 0.1) is 5.82 Å². The number of pyridine rings is 1. The summed E-state index contributed by atoms with van der Waals surface area (Å²) in [4.78, 5) is 4.07. The molecule has 0 spiro atoms. The van der Waals surface area contributed by atoms with Gasteiger partial charge in [-0.1, -0.05) is 6.07 Å². The summed E-state index contributed by atoms with van der Waals surface area (Å²) in [6.45, 7) is 0. The van der Waals surface area contributed by atoms with Gasteiger partial charge in [0.25, 0.3) is 0 Å². The molecule has 0 aliphatic heterocycles. The Morgan fingerprint density at radius 2 is 2.11 bits per heavy atom. The van der Waals surface area contributed by atoms with Crippen LogP contribution in [-0.2, 0) is 0 Å². The smallest absolute Gasteiger partial charge is 0.165 e. The first-order valence-corrected chi connectivity index (χ1v) is 6.35. The zero-order valence-corrected chi connectivity index (χ0v) is 11.8. The van der Waals surface area contributed by atoms with Crippen molar-refractivity contribution in [3.05, 3.63) is 58.1 Å². The molecule has 1 atom stereocenters. The minimum absolute atomic E-state index is 0.201. The number of nitrogens with zero attached hydrogens (tertiary/aromatic N) is 1. The molecule has 0 amide bonds. The maximum atomic E-state index is 13.7. The predicted molar refractivity (Wildman–Crippen MR) is 74.1 cm³/mol. The van der Waals surface area contributed by atoms with E-state index in [-0.39, 0.29) is 11.8 Å². The molecule has 0 radical (unpaired) electrons. The van der Waals surface area contributed by atoms with Crippen LogP contribution < -0.4 is 16.0 Å². The highest BCUT2D eigenvalue weighted by atomic mass is 79.9. The van der Waals surface area contributed by atoms with Gasteiger partial charge in [0.05, 0.1) is 13.2 Å². The Hall–Kier alpha value is -1.50. The van der Waals surface area contributed by atoms with Gasteiger partial charge in [0.15, 0.2) is 11.6 Å². The normalized spacial score (nSPS) is 12.2. The monoisotopic (exact) mass is 325 g/mol. The number of hydrogen-bond donors (Lipinski definition) is 2. The van der Waals surface area contributed by atoms with E-state index in [1.807, 2.05) is 6.07 Å². The fourth-order valence-electron chi connectivity index (χ4n) is 1.83. The predicted octanol–water partition coefficient (Wildman–Crippen LogP) is 2.54. The molecule has 0 saturated heterocycles. The van der Waals surface area contributed by atoms with E-state index in [1.54, 1.807) is 24.5 Å². The molecule has 4 nitrogen and oxygen atoms in total. The first kappa shape index (κ1) is 13.9. The molecule has 6 heteroatoms. The second kappa shape index (κ2) is 6.10. The maximum absolute atomic E-state index is 13.7. The van der Waals surface area contributed by atoms with Crippen molar-refractivity contribution < 1.29 is 9.13 Å². The van der Waals surface area contributed by atoms with Crippen molar-refractivity contribution >= 4 is 15.9 Å². The van der Waals surface area contributed by atoms with Crippen molar-refractivity contribution in [3.8, 4) is 5.75 Å². The Morgan fingerprint density at radius 1 is 1.32 bits per heavy atom. The van der Waals surface area contributed by atoms with Crippen molar-refractivity contribution in [2.45, 2.75) is 6.04 Å². The Balaban J connectivity index is 2.39. The average molecular weight is 326 g/mol. The molecule has 2 aromatic rings. The lowest BCUT2D eigenvalue weighted by molar-refractivity contribution is 0.385. The largest absolute Gasteiger partial charge is 0.494 e. The summed E-state index contributed by atoms with van der Waals surface area (Å²) in [5.41, 5.74) is 4.19. The van der Waals surface area contributed by atoms with E-state index in [2.05, 4.69) is 26.3 Å². The molecule has 19 heavy (non-hydrogen) atoms. The number of nitrogens with one attached hydrogen (secondary N) is 1. The van der Waals surface area contributed by atoms with Gasteiger partial charge in [-0.2, -0.15) is 0 Å². The summed E-state index contributed by atoms with van der Waals surface area (Å²) in [6, 6.07) is 6.25. The lowest BCUT2D eigenvalue weighted by Gasteiger charge is -2.17. The van der Waals surface area contributed by atoms with Crippen LogP contribution >= 0.6 is 15.9 Å². The van der Waals surface area contributed by atoms with Crippen LogP contribution in [0.2, 0.25) is 0 Å². The number of halogens is 2. The number of rotatable bonds is 4. The van der Waals surface area contributed by atoms with Crippen molar-refractivity contribution in [3.63, 3.8) is 0 Å². The third-order valence-electron chi connectivity index (χ3n) is 2.74. The highest BCUT2D eigenvalue weighted by Crippen LogP contribution is 2.26.